The molecule has 0 aliphatic carbocycles. The summed E-state index contributed by atoms with van der Waals surface area (Å²) in [6.45, 7) is 0.782. The van der Waals surface area contributed by atoms with Crippen LogP contribution in [-0.4, -0.2) is 18.4 Å². The highest BCUT2D eigenvalue weighted by Crippen LogP contribution is 2.30. The van der Waals surface area contributed by atoms with Crippen molar-refractivity contribution in [2.24, 2.45) is 5.73 Å². The Labute approximate surface area is 159 Å². The smallest absolute Gasteiger partial charge is 0.261 e. The van der Waals surface area contributed by atoms with Crippen molar-refractivity contribution in [2.75, 3.05) is 6.54 Å². The summed E-state index contributed by atoms with van der Waals surface area (Å²) in [6.07, 6.45) is 7.21. The number of hydrogen-bond donors (Lipinski definition) is 2. The van der Waals surface area contributed by atoms with Gasteiger partial charge in [0.25, 0.3) is 5.91 Å². The molecule has 0 fully saturated rings. The van der Waals surface area contributed by atoms with Crippen molar-refractivity contribution < 1.29 is 14.3 Å². The van der Waals surface area contributed by atoms with E-state index >= 15 is 0 Å². The molecule has 0 atom stereocenters. The van der Waals surface area contributed by atoms with Gasteiger partial charge in [-0.2, -0.15) is 0 Å². The molecule has 1 aliphatic rings. The molecule has 3 rings (SSSR count). The maximum atomic E-state index is 12.2. The molecule has 0 spiro atoms. The summed E-state index contributed by atoms with van der Waals surface area (Å²) in [6, 6.07) is 13.3. The lowest BCUT2D eigenvalue weighted by molar-refractivity contribution is -0.119. The molecule has 0 aromatic heterocycles. The molecule has 0 radical (unpaired) electrons. The van der Waals surface area contributed by atoms with E-state index in [1.165, 1.54) is 31.2 Å². The van der Waals surface area contributed by atoms with Crippen molar-refractivity contribution in [3.05, 3.63) is 59.2 Å². The molecule has 0 saturated heterocycles. The topological polar surface area (TPSA) is 81.4 Å². The number of ether oxygens (including phenoxy) is 1. The lowest BCUT2D eigenvalue weighted by atomic mass is 9.99. The average molecular weight is 366 g/mol. The Morgan fingerprint density at radius 3 is 2.44 bits per heavy atom. The molecule has 2 aromatic carbocycles. The summed E-state index contributed by atoms with van der Waals surface area (Å²) in [5.41, 5.74) is 7.93. The molecular weight excluding hydrogens is 340 g/mol. The van der Waals surface area contributed by atoms with Crippen molar-refractivity contribution in [1.29, 1.82) is 0 Å². The summed E-state index contributed by atoms with van der Waals surface area (Å²) in [5.74, 6) is 0.477. The molecule has 0 saturated carbocycles. The van der Waals surface area contributed by atoms with Crippen LogP contribution >= 0.6 is 0 Å². The number of amides is 2. The van der Waals surface area contributed by atoms with Crippen LogP contribution < -0.4 is 15.8 Å². The fourth-order valence-corrected chi connectivity index (χ4v) is 3.33. The van der Waals surface area contributed by atoms with Gasteiger partial charge in [0.05, 0.1) is 12.0 Å². The molecule has 5 nitrogen and oxygen atoms in total. The maximum Gasteiger partial charge on any atom is 0.261 e. The van der Waals surface area contributed by atoms with E-state index in [1.54, 1.807) is 18.2 Å². The van der Waals surface area contributed by atoms with Crippen LogP contribution in [0, 0.1) is 0 Å². The second kappa shape index (κ2) is 9.33. The first-order chi connectivity index (χ1) is 13.2. The number of fused-ring (bicyclic) bond motifs is 1. The molecule has 1 heterocycles. The van der Waals surface area contributed by atoms with E-state index in [-0.39, 0.29) is 12.3 Å². The highest BCUT2D eigenvalue weighted by molar-refractivity contribution is 6.11. The van der Waals surface area contributed by atoms with Crippen LogP contribution in [0.4, 0.5) is 0 Å². The van der Waals surface area contributed by atoms with Gasteiger partial charge in [-0.25, -0.2) is 0 Å². The largest absolute Gasteiger partial charge is 0.457 e. The molecule has 2 aromatic rings. The summed E-state index contributed by atoms with van der Waals surface area (Å²) < 4.78 is 5.92. The highest BCUT2D eigenvalue weighted by atomic mass is 16.5. The van der Waals surface area contributed by atoms with Gasteiger partial charge in [-0.05, 0) is 55.1 Å². The predicted octanol–water partition coefficient (Wildman–Crippen LogP) is 3.74. The molecule has 3 N–H and O–H groups in total. The number of carbonyl (C=O) groups is 2. The lowest BCUT2D eigenvalue weighted by Crippen LogP contribution is -2.37. The summed E-state index contributed by atoms with van der Waals surface area (Å²) in [4.78, 5) is 23.7. The third kappa shape index (κ3) is 5.17. The summed E-state index contributed by atoms with van der Waals surface area (Å²) in [7, 11) is 0. The Morgan fingerprint density at radius 1 is 0.926 bits per heavy atom. The van der Waals surface area contributed by atoms with Gasteiger partial charge in [-0.15, -0.1) is 0 Å². The second-order valence-corrected chi connectivity index (χ2v) is 6.90. The standard InChI is InChI=1S/C22H26N2O3/c23-14-5-3-1-2-4-7-16-10-12-18(13-11-16)27-19-9-6-8-17-15-20(25)24-22(26)21(17)19/h6,8-13H,1-5,7,14-15,23H2,(H,24,25,26). The summed E-state index contributed by atoms with van der Waals surface area (Å²) >= 11 is 0. The fraction of sp³-hybridized carbons (Fsp3) is 0.364. The van der Waals surface area contributed by atoms with E-state index in [1.807, 2.05) is 12.1 Å². The minimum Gasteiger partial charge on any atom is -0.457 e. The Morgan fingerprint density at radius 2 is 1.67 bits per heavy atom. The number of aryl methyl sites for hydroxylation is 1. The molecular formula is C22H26N2O3. The first-order valence-corrected chi connectivity index (χ1v) is 9.60. The average Bonchev–Trinajstić information content (AvgIpc) is 2.65. The first kappa shape index (κ1) is 19.1. The summed E-state index contributed by atoms with van der Waals surface area (Å²) in [5, 5.41) is 2.35. The number of imide groups is 1. The molecule has 0 unspecified atom stereocenters. The van der Waals surface area contributed by atoms with Crippen molar-refractivity contribution in [1.82, 2.24) is 5.32 Å². The van der Waals surface area contributed by atoms with Crippen LogP contribution in [0.15, 0.2) is 42.5 Å². The van der Waals surface area contributed by atoms with E-state index in [0.29, 0.717) is 22.6 Å². The number of nitrogens with one attached hydrogen (secondary N) is 1. The zero-order valence-corrected chi connectivity index (χ0v) is 15.5. The van der Waals surface area contributed by atoms with Crippen molar-refractivity contribution in [2.45, 2.75) is 44.9 Å². The monoisotopic (exact) mass is 366 g/mol. The van der Waals surface area contributed by atoms with E-state index in [4.69, 9.17) is 10.5 Å². The van der Waals surface area contributed by atoms with Gasteiger partial charge in [0, 0.05) is 0 Å². The van der Waals surface area contributed by atoms with Gasteiger partial charge in [0.1, 0.15) is 11.5 Å². The Bertz CT molecular complexity index is 800. The number of hydrogen-bond acceptors (Lipinski definition) is 4. The van der Waals surface area contributed by atoms with E-state index in [9.17, 15) is 9.59 Å². The van der Waals surface area contributed by atoms with Crippen LogP contribution in [0.3, 0.4) is 0 Å². The Hall–Kier alpha value is -2.66. The van der Waals surface area contributed by atoms with Crippen molar-refractivity contribution in [3.8, 4) is 11.5 Å². The van der Waals surface area contributed by atoms with Gasteiger partial charge in [0.2, 0.25) is 5.91 Å². The number of carbonyl (C=O) groups excluding carboxylic acids is 2. The normalized spacial score (nSPS) is 13.2. The zero-order chi connectivity index (χ0) is 19.1. The number of nitrogens with two attached hydrogens (primary N) is 1. The SMILES string of the molecule is NCCCCCCCc1ccc(Oc2cccc3c2C(=O)NC(=O)C3)cc1. The predicted molar refractivity (Wildman–Crippen MR) is 105 cm³/mol. The van der Waals surface area contributed by atoms with Crippen LogP contribution in [0.5, 0.6) is 11.5 Å². The second-order valence-electron chi connectivity index (χ2n) is 6.90. The van der Waals surface area contributed by atoms with Gasteiger partial charge >= 0.3 is 0 Å². The van der Waals surface area contributed by atoms with Crippen LogP contribution in [0.25, 0.3) is 0 Å². The van der Waals surface area contributed by atoms with E-state index < -0.39 is 5.91 Å². The minimum atomic E-state index is -0.400. The van der Waals surface area contributed by atoms with Crippen molar-refractivity contribution >= 4 is 11.8 Å². The quantitative estimate of drug-likeness (QED) is 0.523. The van der Waals surface area contributed by atoms with Crippen LogP contribution in [0.1, 0.15) is 53.6 Å². The first-order valence-electron chi connectivity index (χ1n) is 9.60. The van der Waals surface area contributed by atoms with Crippen LogP contribution in [-0.2, 0) is 17.6 Å². The third-order valence-corrected chi connectivity index (χ3v) is 4.76. The number of benzene rings is 2. The number of unbranched alkanes of at least 4 members (excludes halogenated alkanes) is 4. The maximum absolute atomic E-state index is 12.2. The molecule has 1 aliphatic heterocycles. The van der Waals surface area contributed by atoms with E-state index in [2.05, 4.69) is 17.4 Å². The number of rotatable bonds is 9. The molecule has 27 heavy (non-hydrogen) atoms. The Kier molecular flexibility index (Phi) is 6.60. The lowest BCUT2D eigenvalue weighted by Gasteiger charge is -2.18. The molecule has 142 valence electrons. The van der Waals surface area contributed by atoms with Gasteiger partial charge in [-0.3, -0.25) is 14.9 Å². The van der Waals surface area contributed by atoms with Gasteiger partial charge in [0.15, 0.2) is 0 Å². The molecule has 2 amide bonds. The minimum absolute atomic E-state index is 0.197. The molecule has 5 heteroatoms. The van der Waals surface area contributed by atoms with Crippen molar-refractivity contribution in [3.63, 3.8) is 0 Å². The Balaban J connectivity index is 1.59. The highest BCUT2D eigenvalue weighted by Gasteiger charge is 2.25. The third-order valence-electron chi connectivity index (χ3n) is 4.76. The molecule has 0 bridgehead atoms. The zero-order valence-electron chi connectivity index (χ0n) is 15.5. The van der Waals surface area contributed by atoms with Gasteiger partial charge < -0.3 is 10.5 Å². The fourth-order valence-electron chi connectivity index (χ4n) is 3.33. The van der Waals surface area contributed by atoms with Gasteiger partial charge in [-0.1, -0.05) is 43.5 Å². The van der Waals surface area contributed by atoms with E-state index in [0.717, 1.165) is 19.4 Å². The van der Waals surface area contributed by atoms with Crippen LogP contribution in [0.2, 0.25) is 0 Å².